The van der Waals surface area contributed by atoms with Gasteiger partial charge in [-0.1, -0.05) is 26.0 Å². The molecule has 27 heavy (non-hydrogen) atoms. The lowest BCUT2D eigenvalue weighted by atomic mass is 9.84. The van der Waals surface area contributed by atoms with Crippen LogP contribution in [0.4, 0.5) is 0 Å². The van der Waals surface area contributed by atoms with Crippen molar-refractivity contribution in [3.63, 3.8) is 0 Å². The number of amides is 2. The zero-order valence-corrected chi connectivity index (χ0v) is 16.5. The van der Waals surface area contributed by atoms with Crippen molar-refractivity contribution in [2.24, 2.45) is 17.8 Å². The highest BCUT2D eigenvalue weighted by Gasteiger charge is 2.28. The first-order valence-electron chi connectivity index (χ1n) is 9.10. The summed E-state index contributed by atoms with van der Waals surface area (Å²) in [6.07, 6.45) is 0.892. The van der Waals surface area contributed by atoms with Crippen LogP contribution in [-0.4, -0.2) is 37.0 Å². The van der Waals surface area contributed by atoms with Crippen LogP contribution in [-0.2, 0) is 20.8 Å². The highest BCUT2D eigenvalue weighted by Crippen LogP contribution is 2.23. The summed E-state index contributed by atoms with van der Waals surface area (Å²) in [6.45, 7) is 3.93. The van der Waals surface area contributed by atoms with Crippen molar-refractivity contribution in [1.82, 2.24) is 10.8 Å². The van der Waals surface area contributed by atoms with Crippen molar-refractivity contribution in [2.45, 2.75) is 39.5 Å². The number of hydroxylamine groups is 1. The van der Waals surface area contributed by atoms with Gasteiger partial charge >= 0.3 is 0 Å². The molecule has 0 aliphatic carbocycles. The lowest BCUT2D eigenvalue weighted by molar-refractivity contribution is -0.135. The van der Waals surface area contributed by atoms with Crippen LogP contribution in [0.15, 0.2) is 24.3 Å². The van der Waals surface area contributed by atoms with Crippen LogP contribution >= 0.6 is 0 Å². The summed E-state index contributed by atoms with van der Waals surface area (Å²) in [5.41, 5.74) is 2.50. The number of ether oxygens (including phenoxy) is 1. The SMILES string of the molecule is CNC(=O)[C@@H](CC(=O)[C@@H](CC(=O)NO)CC(C)C)Cc1ccc(OC)cc1. The average molecular weight is 378 g/mol. The molecular formula is C20H30N2O5. The van der Waals surface area contributed by atoms with Gasteiger partial charge in [-0.2, -0.15) is 0 Å². The van der Waals surface area contributed by atoms with E-state index in [2.05, 4.69) is 5.32 Å². The number of ketones is 1. The second-order valence-corrected chi connectivity index (χ2v) is 7.10. The summed E-state index contributed by atoms with van der Waals surface area (Å²) in [7, 11) is 3.12. The first-order chi connectivity index (χ1) is 12.8. The highest BCUT2D eigenvalue weighted by molar-refractivity contribution is 5.90. The molecule has 0 bridgehead atoms. The Morgan fingerprint density at radius 2 is 1.70 bits per heavy atom. The average Bonchev–Trinajstić information content (AvgIpc) is 2.66. The molecule has 0 aliphatic rings. The number of Topliss-reactive ketones (excluding diaryl/α,β-unsaturated/α-hetero) is 1. The van der Waals surface area contributed by atoms with E-state index in [4.69, 9.17) is 9.94 Å². The summed E-state index contributed by atoms with van der Waals surface area (Å²) < 4.78 is 5.13. The lowest BCUT2D eigenvalue weighted by Gasteiger charge is -2.21. The van der Waals surface area contributed by atoms with Crippen molar-refractivity contribution in [3.05, 3.63) is 29.8 Å². The van der Waals surface area contributed by atoms with Crippen molar-refractivity contribution in [2.75, 3.05) is 14.2 Å². The number of nitrogens with one attached hydrogen (secondary N) is 2. The zero-order chi connectivity index (χ0) is 20.4. The molecule has 1 rings (SSSR count). The fraction of sp³-hybridized carbons (Fsp3) is 0.550. The van der Waals surface area contributed by atoms with E-state index < -0.39 is 17.7 Å². The Morgan fingerprint density at radius 1 is 1.07 bits per heavy atom. The maximum Gasteiger partial charge on any atom is 0.244 e. The lowest BCUT2D eigenvalue weighted by Crippen LogP contribution is -2.33. The van der Waals surface area contributed by atoms with Gasteiger partial charge in [0.1, 0.15) is 11.5 Å². The van der Waals surface area contributed by atoms with Crippen LogP contribution in [0.25, 0.3) is 0 Å². The van der Waals surface area contributed by atoms with Crippen LogP contribution < -0.4 is 15.5 Å². The van der Waals surface area contributed by atoms with Gasteiger partial charge in [-0.25, -0.2) is 5.48 Å². The van der Waals surface area contributed by atoms with Crippen molar-refractivity contribution < 1.29 is 24.3 Å². The van der Waals surface area contributed by atoms with Crippen molar-refractivity contribution in [1.29, 1.82) is 0 Å². The molecule has 0 saturated carbocycles. The molecule has 0 aliphatic heterocycles. The third-order valence-electron chi connectivity index (χ3n) is 4.47. The number of methoxy groups -OCH3 is 1. The maximum absolute atomic E-state index is 12.8. The molecule has 0 radical (unpaired) electrons. The fourth-order valence-corrected chi connectivity index (χ4v) is 3.08. The van der Waals surface area contributed by atoms with Crippen LogP contribution in [0.1, 0.15) is 38.7 Å². The molecule has 1 aromatic carbocycles. The monoisotopic (exact) mass is 378 g/mol. The van der Waals surface area contributed by atoms with E-state index in [1.165, 1.54) is 0 Å². The molecule has 3 N–H and O–H groups in total. The normalized spacial score (nSPS) is 13.0. The molecule has 2 amide bonds. The predicted molar refractivity (Wildman–Crippen MR) is 101 cm³/mol. The number of hydrogen-bond donors (Lipinski definition) is 3. The molecule has 0 saturated heterocycles. The first-order valence-corrected chi connectivity index (χ1v) is 9.10. The van der Waals surface area contributed by atoms with Gasteiger partial charge in [0.05, 0.1) is 7.11 Å². The van der Waals surface area contributed by atoms with E-state index in [1.807, 2.05) is 38.1 Å². The van der Waals surface area contributed by atoms with E-state index in [0.29, 0.717) is 12.8 Å². The minimum Gasteiger partial charge on any atom is -0.497 e. The Balaban J connectivity index is 2.89. The molecular weight excluding hydrogens is 348 g/mol. The van der Waals surface area contributed by atoms with E-state index in [0.717, 1.165) is 11.3 Å². The highest BCUT2D eigenvalue weighted by atomic mass is 16.5. The Labute approximate surface area is 160 Å². The van der Waals surface area contributed by atoms with Crippen LogP contribution in [0.5, 0.6) is 5.75 Å². The molecule has 1 aromatic rings. The first kappa shape index (κ1) is 22.6. The Bertz CT molecular complexity index is 628. The van der Waals surface area contributed by atoms with Crippen LogP contribution in [0, 0.1) is 17.8 Å². The summed E-state index contributed by atoms with van der Waals surface area (Å²) in [5, 5.41) is 11.4. The molecule has 0 spiro atoms. The van der Waals surface area contributed by atoms with E-state index >= 15 is 0 Å². The molecule has 0 aromatic heterocycles. The van der Waals surface area contributed by atoms with Gasteiger partial charge in [-0.05, 0) is 36.5 Å². The van der Waals surface area contributed by atoms with Crippen LogP contribution in [0.2, 0.25) is 0 Å². The van der Waals surface area contributed by atoms with Gasteiger partial charge in [0.2, 0.25) is 11.8 Å². The van der Waals surface area contributed by atoms with Gasteiger partial charge in [0, 0.05) is 31.7 Å². The Kier molecular flexibility index (Phi) is 9.50. The van der Waals surface area contributed by atoms with Gasteiger partial charge in [0.15, 0.2) is 0 Å². The van der Waals surface area contributed by atoms with E-state index in [9.17, 15) is 14.4 Å². The van der Waals surface area contributed by atoms with Gasteiger partial charge < -0.3 is 10.1 Å². The fourth-order valence-electron chi connectivity index (χ4n) is 3.08. The van der Waals surface area contributed by atoms with Gasteiger partial charge in [-0.15, -0.1) is 0 Å². The molecule has 0 fully saturated rings. The molecule has 0 heterocycles. The summed E-state index contributed by atoms with van der Waals surface area (Å²) in [5.74, 6) is -1.07. The second-order valence-electron chi connectivity index (χ2n) is 7.10. The largest absolute Gasteiger partial charge is 0.497 e. The summed E-state index contributed by atoms with van der Waals surface area (Å²) >= 11 is 0. The summed E-state index contributed by atoms with van der Waals surface area (Å²) in [4.78, 5) is 36.6. The number of rotatable bonds is 11. The number of benzene rings is 1. The standard InChI is InChI=1S/C20H30N2O5/c1-13(2)9-15(12-19(24)22-26)18(23)11-16(20(25)21-3)10-14-5-7-17(27-4)8-6-14/h5-8,13,15-16,26H,9-12H2,1-4H3,(H,21,25)(H,22,24)/t15-,16-/m1/s1. The molecule has 0 unspecified atom stereocenters. The molecule has 7 nitrogen and oxygen atoms in total. The Hall–Kier alpha value is -2.41. The van der Waals surface area contributed by atoms with Crippen molar-refractivity contribution >= 4 is 17.6 Å². The summed E-state index contributed by atoms with van der Waals surface area (Å²) in [6, 6.07) is 7.35. The maximum atomic E-state index is 12.8. The Morgan fingerprint density at radius 3 is 2.19 bits per heavy atom. The van der Waals surface area contributed by atoms with E-state index in [1.54, 1.807) is 19.6 Å². The van der Waals surface area contributed by atoms with Crippen molar-refractivity contribution in [3.8, 4) is 5.75 Å². The number of carbonyl (C=O) groups excluding carboxylic acids is 3. The minimum atomic E-state index is -0.597. The van der Waals surface area contributed by atoms with E-state index in [-0.39, 0.29) is 30.4 Å². The third kappa shape index (κ3) is 7.78. The topological polar surface area (TPSA) is 105 Å². The number of carbonyl (C=O) groups is 3. The smallest absolute Gasteiger partial charge is 0.244 e. The van der Waals surface area contributed by atoms with Gasteiger partial charge in [0.25, 0.3) is 0 Å². The molecule has 7 heteroatoms. The minimum absolute atomic E-state index is 0.0435. The third-order valence-corrected chi connectivity index (χ3v) is 4.47. The predicted octanol–water partition coefficient (Wildman–Crippen LogP) is 2.12. The molecule has 150 valence electrons. The van der Waals surface area contributed by atoms with Crippen LogP contribution in [0.3, 0.4) is 0 Å². The second kappa shape index (κ2) is 11.3. The van der Waals surface area contributed by atoms with Gasteiger partial charge in [-0.3, -0.25) is 19.6 Å². The zero-order valence-electron chi connectivity index (χ0n) is 16.5. The molecule has 2 atom stereocenters. The number of hydrogen-bond acceptors (Lipinski definition) is 5. The quantitative estimate of drug-likeness (QED) is 0.404.